The molecule has 3 saturated heterocycles. The standard InChI is InChI=1S/C31H42O10/c1-15-14-31-22(23(15)39-28(36)19-11-9-8-10-12-19)27-30(7,41-27)21(38-18(4)33)13-20(37-17(3)32)29(5,6)26(35)24(40-31)16(2)25(31)34/h8-12,15-16,20-27,34-35H,13-14H2,1-7H3. The quantitative estimate of drug-likeness (QED) is 0.313. The van der Waals surface area contributed by atoms with Gasteiger partial charge in [-0.05, 0) is 31.4 Å². The molecule has 0 amide bonds. The highest BCUT2D eigenvalue weighted by Crippen LogP contribution is 2.62. The number of carbonyl (C=O) groups excluding carboxylic acids is 3. The van der Waals surface area contributed by atoms with E-state index in [0.29, 0.717) is 12.0 Å². The molecule has 12 unspecified atom stereocenters. The molecule has 1 aromatic rings. The zero-order valence-corrected chi connectivity index (χ0v) is 24.7. The van der Waals surface area contributed by atoms with Gasteiger partial charge in [0.2, 0.25) is 0 Å². The molecule has 1 aliphatic carbocycles. The summed E-state index contributed by atoms with van der Waals surface area (Å²) < 4.78 is 30.8. The maximum absolute atomic E-state index is 13.3. The second kappa shape index (κ2) is 10.3. The molecule has 10 nitrogen and oxygen atoms in total. The van der Waals surface area contributed by atoms with Crippen LogP contribution in [0.1, 0.15) is 71.7 Å². The van der Waals surface area contributed by atoms with Gasteiger partial charge < -0.3 is 33.9 Å². The number of aliphatic hydroxyl groups is 2. The second-order valence-electron chi connectivity index (χ2n) is 13.2. The third-order valence-electron chi connectivity index (χ3n) is 10.0. The summed E-state index contributed by atoms with van der Waals surface area (Å²) in [6.07, 6.45) is -5.58. The topological polar surface area (TPSA) is 141 Å². The van der Waals surface area contributed by atoms with E-state index in [1.54, 1.807) is 38.1 Å². The van der Waals surface area contributed by atoms with Crippen molar-refractivity contribution in [3.63, 3.8) is 0 Å². The molecule has 226 valence electrons. The van der Waals surface area contributed by atoms with E-state index in [0.717, 1.165) is 0 Å². The Labute approximate surface area is 240 Å². The van der Waals surface area contributed by atoms with E-state index in [-0.39, 0.29) is 12.3 Å². The first-order valence-corrected chi connectivity index (χ1v) is 14.5. The molecule has 41 heavy (non-hydrogen) atoms. The van der Waals surface area contributed by atoms with E-state index in [2.05, 4.69) is 0 Å². The highest BCUT2D eigenvalue weighted by Gasteiger charge is 2.76. The van der Waals surface area contributed by atoms with Crippen molar-refractivity contribution >= 4 is 17.9 Å². The third-order valence-corrected chi connectivity index (χ3v) is 10.0. The lowest BCUT2D eigenvalue weighted by Gasteiger charge is -2.42. The number of hydrogen-bond acceptors (Lipinski definition) is 10. The average molecular weight is 575 g/mol. The molecule has 3 heterocycles. The van der Waals surface area contributed by atoms with Crippen molar-refractivity contribution in [2.45, 2.75) is 115 Å². The summed E-state index contributed by atoms with van der Waals surface area (Å²) in [7, 11) is 0. The molecule has 0 radical (unpaired) electrons. The van der Waals surface area contributed by atoms with Gasteiger partial charge in [-0.15, -0.1) is 0 Å². The van der Waals surface area contributed by atoms with Crippen LogP contribution < -0.4 is 0 Å². The molecule has 1 spiro atoms. The fraction of sp³-hybridized carbons (Fsp3) is 0.710. The van der Waals surface area contributed by atoms with Crippen LogP contribution >= 0.6 is 0 Å². The van der Waals surface area contributed by atoms with Gasteiger partial charge in [-0.25, -0.2) is 4.79 Å². The summed E-state index contributed by atoms with van der Waals surface area (Å²) in [5.74, 6) is -2.91. The predicted molar refractivity (Wildman–Crippen MR) is 144 cm³/mol. The maximum atomic E-state index is 13.3. The lowest BCUT2D eigenvalue weighted by molar-refractivity contribution is -0.187. The first-order chi connectivity index (χ1) is 19.1. The molecule has 5 rings (SSSR count). The SMILES string of the molecule is CC(=O)OC1CC(OC(C)=O)C2(C)OC2C2C(OC(=O)c3ccccc3)C(C)CC23OC(C(C)C3O)C(O)C1(C)C. The Morgan fingerprint density at radius 1 is 0.878 bits per heavy atom. The van der Waals surface area contributed by atoms with Gasteiger partial charge in [0, 0.05) is 31.6 Å². The molecule has 12 atom stereocenters. The predicted octanol–water partition coefficient (Wildman–Crippen LogP) is 2.81. The summed E-state index contributed by atoms with van der Waals surface area (Å²) in [5, 5.41) is 23.7. The van der Waals surface area contributed by atoms with Crippen LogP contribution in [0.5, 0.6) is 0 Å². The molecule has 1 aromatic carbocycles. The van der Waals surface area contributed by atoms with E-state index in [1.807, 2.05) is 26.8 Å². The number of benzene rings is 1. The third kappa shape index (κ3) is 4.86. The zero-order valence-electron chi connectivity index (χ0n) is 24.7. The number of esters is 3. The van der Waals surface area contributed by atoms with Crippen molar-refractivity contribution in [3.8, 4) is 0 Å². The fourth-order valence-corrected chi connectivity index (χ4v) is 7.66. The van der Waals surface area contributed by atoms with Crippen LogP contribution in [0.2, 0.25) is 0 Å². The molecule has 0 aromatic heterocycles. The summed E-state index contributed by atoms with van der Waals surface area (Å²) in [5.41, 5.74) is -2.92. The van der Waals surface area contributed by atoms with Crippen molar-refractivity contribution in [1.29, 1.82) is 0 Å². The Morgan fingerprint density at radius 3 is 2.10 bits per heavy atom. The van der Waals surface area contributed by atoms with Gasteiger partial charge in [0.1, 0.15) is 35.6 Å². The van der Waals surface area contributed by atoms with Crippen LogP contribution in [0.25, 0.3) is 0 Å². The van der Waals surface area contributed by atoms with Gasteiger partial charge in [-0.3, -0.25) is 9.59 Å². The minimum atomic E-state index is -1.20. The van der Waals surface area contributed by atoms with Crippen molar-refractivity contribution in [1.82, 2.24) is 0 Å². The minimum Gasteiger partial charge on any atom is -0.462 e. The molecule has 1 saturated carbocycles. The van der Waals surface area contributed by atoms with Crippen molar-refractivity contribution < 1.29 is 48.3 Å². The lowest BCUT2D eigenvalue weighted by atomic mass is 9.70. The second-order valence-corrected chi connectivity index (χ2v) is 13.2. The van der Waals surface area contributed by atoms with Crippen molar-refractivity contribution in [2.24, 2.45) is 23.2 Å². The van der Waals surface area contributed by atoms with E-state index < -0.39 is 89.1 Å². The van der Waals surface area contributed by atoms with Crippen molar-refractivity contribution in [2.75, 3.05) is 0 Å². The maximum Gasteiger partial charge on any atom is 0.338 e. The first-order valence-electron chi connectivity index (χ1n) is 14.5. The van der Waals surface area contributed by atoms with Crippen LogP contribution in [-0.2, 0) is 33.3 Å². The van der Waals surface area contributed by atoms with Crippen LogP contribution in [-0.4, -0.2) is 82.1 Å². The highest BCUT2D eigenvalue weighted by atomic mass is 16.7. The molecule has 4 fully saturated rings. The summed E-state index contributed by atoms with van der Waals surface area (Å²) in [6.45, 7) is 11.7. The number of epoxide rings is 1. The fourth-order valence-electron chi connectivity index (χ4n) is 7.66. The Kier molecular flexibility index (Phi) is 7.54. The van der Waals surface area contributed by atoms with Crippen LogP contribution in [0.15, 0.2) is 30.3 Å². The van der Waals surface area contributed by atoms with Gasteiger partial charge in [-0.2, -0.15) is 0 Å². The summed E-state index contributed by atoms with van der Waals surface area (Å²) in [6, 6.07) is 8.68. The molecule has 2 bridgehead atoms. The molecular weight excluding hydrogens is 532 g/mol. The minimum absolute atomic E-state index is 0.0730. The van der Waals surface area contributed by atoms with Gasteiger partial charge >= 0.3 is 17.9 Å². The van der Waals surface area contributed by atoms with Gasteiger partial charge in [0.05, 0.1) is 29.8 Å². The van der Waals surface area contributed by atoms with Crippen LogP contribution in [0.4, 0.5) is 0 Å². The molecule has 3 aliphatic heterocycles. The molecule has 2 N–H and O–H groups in total. The van der Waals surface area contributed by atoms with E-state index in [4.69, 9.17) is 23.7 Å². The Morgan fingerprint density at radius 2 is 1.49 bits per heavy atom. The largest absolute Gasteiger partial charge is 0.462 e. The van der Waals surface area contributed by atoms with Gasteiger partial charge in [-0.1, -0.05) is 45.9 Å². The Bertz CT molecular complexity index is 1180. The van der Waals surface area contributed by atoms with Crippen molar-refractivity contribution in [3.05, 3.63) is 35.9 Å². The number of ether oxygens (including phenoxy) is 5. The van der Waals surface area contributed by atoms with E-state index in [1.165, 1.54) is 13.8 Å². The smallest absolute Gasteiger partial charge is 0.338 e. The number of carbonyl (C=O) groups is 3. The monoisotopic (exact) mass is 574 g/mol. The molecular formula is C31H42O10. The molecule has 10 heteroatoms. The summed E-state index contributed by atoms with van der Waals surface area (Å²) >= 11 is 0. The number of aliphatic hydroxyl groups excluding tert-OH is 2. The zero-order chi connectivity index (χ0) is 30.1. The normalized spacial score (nSPS) is 44.5. The average Bonchev–Trinajstić information content (AvgIpc) is 3.42. The van der Waals surface area contributed by atoms with Gasteiger partial charge in [0.15, 0.2) is 0 Å². The highest BCUT2D eigenvalue weighted by molar-refractivity contribution is 5.89. The summed E-state index contributed by atoms with van der Waals surface area (Å²) in [4.78, 5) is 37.8. The Balaban J connectivity index is 1.61. The Hall–Kier alpha value is -2.53. The first kappa shape index (κ1) is 29.9. The van der Waals surface area contributed by atoms with Crippen LogP contribution in [0, 0.1) is 23.2 Å². The van der Waals surface area contributed by atoms with E-state index >= 15 is 0 Å². The van der Waals surface area contributed by atoms with Crippen LogP contribution in [0.3, 0.4) is 0 Å². The van der Waals surface area contributed by atoms with Gasteiger partial charge in [0.25, 0.3) is 0 Å². The molecule has 4 aliphatic rings. The van der Waals surface area contributed by atoms with E-state index in [9.17, 15) is 24.6 Å². The number of hydrogen-bond donors (Lipinski definition) is 2. The number of rotatable bonds is 4. The lowest BCUT2D eigenvalue weighted by Crippen LogP contribution is -2.53. The number of fused-ring (bicyclic) bond motifs is 3.